The molecular weight excluding hydrogens is 270 g/mol. The molecule has 0 heterocycles. The third kappa shape index (κ3) is 6.23. The van der Waals surface area contributed by atoms with Gasteiger partial charge in [0.25, 0.3) is 0 Å². The van der Waals surface area contributed by atoms with Crippen LogP contribution in [0, 0.1) is 5.92 Å². The number of hydrogen-bond donors (Lipinski definition) is 3. The third-order valence-electron chi connectivity index (χ3n) is 3.14. The number of hydrogen-bond acceptors (Lipinski definition) is 3. The number of aliphatic hydroxyl groups is 1. The minimum Gasteiger partial charge on any atom is -0.481 e. The third-order valence-corrected chi connectivity index (χ3v) is 3.14. The molecule has 2 atom stereocenters. The number of carbonyl (C=O) groups is 2. The molecular formula is C16H21NO4. The van der Waals surface area contributed by atoms with Gasteiger partial charge in [-0.05, 0) is 18.4 Å². The Morgan fingerprint density at radius 3 is 2.48 bits per heavy atom. The lowest BCUT2D eigenvalue weighted by Gasteiger charge is -2.18. The van der Waals surface area contributed by atoms with E-state index in [1.54, 1.807) is 0 Å². The summed E-state index contributed by atoms with van der Waals surface area (Å²) in [5, 5.41) is 21.0. The largest absolute Gasteiger partial charge is 0.481 e. The van der Waals surface area contributed by atoms with Crippen molar-refractivity contribution in [2.45, 2.75) is 25.3 Å². The van der Waals surface area contributed by atoms with Crippen molar-refractivity contribution in [1.82, 2.24) is 5.32 Å². The molecule has 0 unspecified atom stereocenters. The summed E-state index contributed by atoms with van der Waals surface area (Å²) in [4.78, 5) is 22.9. The van der Waals surface area contributed by atoms with Gasteiger partial charge in [-0.1, -0.05) is 36.4 Å². The Hall–Kier alpha value is -2.14. The Labute approximate surface area is 124 Å². The number of aliphatic carboxylic acids is 1. The molecule has 5 nitrogen and oxygen atoms in total. The van der Waals surface area contributed by atoms with Gasteiger partial charge in [0, 0.05) is 6.42 Å². The molecule has 0 radical (unpaired) electrons. The van der Waals surface area contributed by atoms with Gasteiger partial charge in [-0.2, -0.15) is 0 Å². The Morgan fingerprint density at radius 2 is 1.95 bits per heavy atom. The normalized spacial score (nSPS) is 13.2. The summed E-state index contributed by atoms with van der Waals surface area (Å²) in [7, 11) is 0. The van der Waals surface area contributed by atoms with E-state index in [1.807, 2.05) is 30.3 Å². The lowest BCUT2D eigenvalue weighted by molar-refractivity contribution is -0.144. The van der Waals surface area contributed by atoms with E-state index in [9.17, 15) is 14.7 Å². The summed E-state index contributed by atoms with van der Waals surface area (Å²) in [5.74, 6) is -2.17. The molecule has 21 heavy (non-hydrogen) atoms. The van der Waals surface area contributed by atoms with Crippen LogP contribution in [0.2, 0.25) is 0 Å². The molecule has 1 aromatic carbocycles. The van der Waals surface area contributed by atoms with Crippen LogP contribution in [0.15, 0.2) is 43.0 Å². The van der Waals surface area contributed by atoms with Crippen LogP contribution < -0.4 is 5.32 Å². The summed E-state index contributed by atoms with van der Waals surface area (Å²) in [6, 6.07) is 9.06. The first-order chi connectivity index (χ1) is 10.1. The maximum atomic E-state index is 11.9. The molecule has 114 valence electrons. The number of carboxylic acid groups (broad SMARTS) is 1. The van der Waals surface area contributed by atoms with Crippen molar-refractivity contribution in [3.8, 4) is 0 Å². The van der Waals surface area contributed by atoms with Gasteiger partial charge < -0.3 is 15.5 Å². The zero-order chi connectivity index (χ0) is 15.7. The summed E-state index contributed by atoms with van der Waals surface area (Å²) >= 11 is 0. The van der Waals surface area contributed by atoms with Crippen molar-refractivity contribution in [2.24, 2.45) is 5.92 Å². The molecule has 1 rings (SSSR count). The van der Waals surface area contributed by atoms with Gasteiger partial charge in [0.05, 0.1) is 18.6 Å². The number of carbonyl (C=O) groups excluding carboxylic acids is 1. The van der Waals surface area contributed by atoms with Gasteiger partial charge in [-0.15, -0.1) is 6.58 Å². The first-order valence-corrected chi connectivity index (χ1v) is 6.84. The predicted octanol–water partition coefficient (Wildman–Crippen LogP) is 1.37. The van der Waals surface area contributed by atoms with Gasteiger partial charge in [0.2, 0.25) is 5.91 Å². The van der Waals surface area contributed by atoms with Crippen LogP contribution in [0.1, 0.15) is 18.4 Å². The van der Waals surface area contributed by atoms with E-state index >= 15 is 0 Å². The van der Waals surface area contributed by atoms with Crippen molar-refractivity contribution in [3.63, 3.8) is 0 Å². The summed E-state index contributed by atoms with van der Waals surface area (Å²) in [6.07, 6.45) is 2.11. The Kier molecular flexibility index (Phi) is 7.18. The van der Waals surface area contributed by atoms with Crippen molar-refractivity contribution in [3.05, 3.63) is 48.6 Å². The van der Waals surface area contributed by atoms with Gasteiger partial charge >= 0.3 is 5.97 Å². The van der Waals surface area contributed by atoms with Crippen LogP contribution in [0.25, 0.3) is 0 Å². The standard InChI is InChI=1S/C16H21NO4/c1-2-6-13(16(20)21)10-15(19)17-14(11-18)9-12-7-4-3-5-8-12/h2-5,7-8,13-14,18H,1,6,9-11H2,(H,17,19)(H,20,21)/t13-,14+/m0/s1. The zero-order valence-corrected chi connectivity index (χ0v) is 11.9. The van der Waals surface area contributed by atoms with E-state index in [2.05, 4.69) is 11.9 Å². The van der Waals surface area contributed by atoms with E-state index in [0.29, 0.717) is 6.42 Å². The van der Waals surface area contributed by atoms with Crippen molar-refractivity contribution in [2.75, 3.05) is 6.61 Å². The molecule has 0 fully saturated rings. The molecule has 5 heteroatoms. The van der Waals surface area contributed by atoms with Gasteiger partial charge in [-0.3, -0.25) is 9.59 Å². The number of rotatable bonds is 9. The molecule has 0 spiro atoms. The average molecular weight is 291 g/mol. The molecule has 1 amide bonds. The number of carboxylic acids is 1. The molecule has 1 aromatic rings. The molecule has 0 aliphatic carbocycles. The lowest BCUT2D eigenvalue weighted by atomic mass is 10.0. The first-order valence-electron chi connectivity index (χ1n) is 6.84. The van der Waals surface area contributed by atoms with Gasteiger partial charge in [-0.25, -0.2) is 0 Å². The second-order valence-electron chi connectivity index (χ2n) is 4.90. The molecule has 0 saturated heterocycles. The summed E-state index contributed by atoms with van der Waals surface area (Å²) in [5.41, 5.74) is 0.998. The fraction of sp³-hybridized carbons (Fsp3) is 0.375. The SMILES string of the molecule is C=CC[C@@H](CC(=O)N[C@@H](CO)Cc1ccccc1)C(=O)O. The average Bonchev–Trinajstić information content (AvgIpc) is 2.47. The number of benzene rings is 1. The Bertz CT molecular complexity index is 472. The predicted molar refractivity (Wildman–Crippen MR) is 79.7 cm³/mol. The summed E-state index contributed by atoms with van der Waals surface area (Å²) in [6.45, 7) is 3.29. The molecule has 0 bridgehead atoms. The van der Waals surface area contributed by atoms with E-state index in [1.165, 1.54) is 6.08 Å². The fourth-order valence-electron chi connectivity index (χ4n) is 2.04. The highest BCUT2D eigenvalue weighted by Gasteiger charge is 2.21. The number of nitrogens with one attached hydrogen (secondary N) is 1. The van der Waals surface area contributed by atoms with Crippen LogP contribution in [0.5, 0.6) is 0 Å². The minimum absolute atomic E-state index is 0.118. The highest BCUT2D eigenvalue weighted by molar-refractivity contribution is 5.82. The van der Waals surface area contributed by atoms with E-state index < -0.39 is 17.9 Å². The second-order valence-corrected chi connectivity index (χ2v) is 4.90. The number of amides is 1. The van der Waals surface area contributed by atoms with Crippen LogP contribution >= 0.6 is 0 Å². The monoisotopic (exact) mass is 291 g/mol. The number of aliphatic hydroxyl groups excluding tert-OH is 1. The summed E-state index contributed by atoms with van der Waals surface area (Å²) < 4.78 is 0. The quantitative estimate of drug-likeness (QED) is 0.600. The minimum atomic E-state index is -1.02. The highest BCUT2D eigenvalue weighted by Crippen LogP contribution is 2.10. The molecule has 0 aromatic heterocycles. The first kappa shape index (κ1) is 16.9. The van der Waals surface area contributed by atoms with E-state index in [4.69, 9.17) is 5.11 Å². The maximum absolute atomic E-state index is 11.9. The van der Waals surface area contributed by atoms with Crippen LogP contribution in [-0.4, -0.2) is 34.7 Å². The smallest absolute Gasteiger partial charge is 0.307 e. The van der Waals surface area contributed by atoms with Gasteiger partial charge in [0.1, 0.15) is 0 Å². The topological polar surface area (TPSA) is 86.6 Å². The van der Waals surface area contributed by atoms with Crippen LogP contribution in [0.4, 0.5) is 0 Å². The van der Waals surface area contributed by atoms with Crippen LogP contribution in [-0.2, 0) is 16.0 Å². The van der Waals surface area contributed by atoms with E-state index in [-0.39, 0.29) is 25.4 Å². The lowest BCUT2D eigenvalue weighted by Crippen LogP contribution is -2.40. The van der Waals surface area contributed by atoms with Crippen LogP contribution in [0.3, 0.4) is 0 Å². The van der Waals surface area contributed by atoms with E-state index in [0.717, 1.165) is 5.56 Å². The molecule has 0 saturated carbocycles. The molecule has 0 aliphatic heterocycles. The molecule has 0 aliphatic rings. The zero-order valence-electron chi connectivity index (χ0n) is 11.9. The van der Waals surface area contributed by atoms with Crippen molar-refractivity contribution < 1.29 is 19.8 Å². The molecule has 3 N–H and O–H groups in total. The Morgan fingerprint density at radius 1 is 1.29 bits per heavy atom. The second kappa shape index (κ2) is 8.92. The maximum Gasteiger partial charge on any atom is 0.307 e. The highest BCUT2D eigenvalue weighted by atomic mass is 16.4. The van der Waals surface area contributed by atoms with Crippen molar-refractivity contribution >= 4 is 11.9 Å². The number of allylic oxidation sites excluding steroid dienone is 1. The van der Waals surface area contributed by atoms with Gasteiger partial charge in [0.15, 0.2) is 0 Å². The van der Waals surface area contributed by atoms with Crippen molar-refractivity contribution in [1.29, 1.82) is 0 Å². The Balaban J connectivity index is 2.54. The fourth-order valence-corrected chi connectivity index (χ4v) is 2.04.